The molecule has 73 heavy (non-hydrogen) atoms. The quantitative estimate of drug-likeness (QED) is 0.173. The molecule has 0 aromatic heterocycles. The Balaban J connectivity index is 0.000000136. The molecule has 12 nitrogen and oxygen atoms in total. The van der Waals surface area contributed by atoms with E-state index < -0.39 is 0 Å². The van der Waals surface area contributed by atoms with Crippen molar-refractivity contribution in [3.63, 3.8) is 0 Å². The van der Waals surface area contributed by atoms with Crippen molar-refractivity contribution in [1.29, 1.82) is 0 Å². The molecule has 0 fully saturated rings. The zero-order valence-corrected chi connectivity index (χ0v) is 50.5. The summed E-state index contributed by atoms with van der Waals surface area (Å²) in [6.45, 7) is 0.645. The van der Waals surface area contributed by atoms with Gasteiger partial charge in [0.15, 0.2) is 0 Å². The Kier molecular flexibility index (Phi) is 17.3. The predicted octanol–water partition coefficient (Wildman–Crippen LogP) is 5.19. The van der Waals surface area contributed by atoms with Crippen molar-refractivity contribution in [2.24, 2.45) is 0 Å². The zero-order chi connectivity index (χ0) is 51.1. The molecule has 0 atom stereocenters. The van der Waals surface area contributed by atoms with Gasteiger partial charge in [-0.15, -0.1) is 0 Å². The van der Waals surface area contributed by atoms with Gasteiger partial charge in [0.05, 0.1) is 6.54 Å². The summed E-state index contributed by atoms with van der Waals surface area (Å²) in [6, 6.07) is 44.1. The van der Waals surface area contributed by atoms with Crippen molar-refractivity contribution in [1.82, 2.24) is 19.6 Å². The monoisotopic (exact) mass is 1490 g/mol. The van der Waals surface area contributed by atoms with Gasteiger partial charge in [0.2, 0.25) is 0 Å². The Morgan fingerprint density at radius 1 is 0.342 bits per heavy atom. The Morgan fingerprint density at radius 3 is 0.918 bits per heavy atom. The first kappa shape index (κ1) is 54.6. The van der Waals surface area contributed by atoms with Crippen LogP contribution in [0.3, 0.4) is 0 Å². The summed E-state index contributed by atoms with van der Waals surface area (Å²) in [7, 11) is 3.01. The summed E-state index contributed by atoms with van der Waals surface area (Å²) in [4.78, 5) is 101. The van der Waals surface area contributed by atoms with E-state index >= 15 is 0 Å². The molecule has 0 unspecified atom stereocenters. The molecular formula is C53H36Br4N4O8Se4. The Morgan fingerprint density at radius 2 is 0.616 bits per heavy atom. The number of carbonyl (C=O) groups excluding carboxylic acids is 8. The fourth-order valence-corrected chi connectivity index (χ4v) is 21.0. The zero-order valence-electron chi connectivity index (χ0n) is 37.3. The topological polar surface area (TPSA) is 150 Å². The molecule has 0 bridgehead atoms. The summed E-state index contributed by atoms with van der Waals surface area (Å²) in [6.07, 6.45) is 0. The number of carbonyl (C=O) groups is 8. The van der Waals surface area contributed by atoms with Crippen LogP contribution in [0.25, 0.3) is 21.5 Å². The first-order valence-corrected chi connectivity index (χ1v) is 31.4. The van der Waals surface area contributed by atoms with Crippen LogP contribution in [-0.2, 0) is 51.4 Å². The molecule has 6 aromatic carbocycles. The summed E-state index contributed by atoms with van der Waals surface area (Å²) in [5, 5.41) is 4.91. The van der Waals surface area contributed by atoms with E-state index in [1.807, 2.05) is 84.9 Å². The summed E-state index contributed by atoms with van der Waals surface area (Å²) in [5.74, 6) is -1.62. The second-order valence-corrected chi connectivity index (χ2v) is 27.9. The van der Waals surface area contributed by atoms with Gasteiger partial charge in [0.1, 0.15) is 17.9 Å². The average molecular weight is 1490 g/mol. The molecule has 0 saturated carbocycles. The molecular weight excluding hydrogens is 1460 g/mol. The maximum absolute atomic E-state index is 13.1. The molecule has 6 aliphatic heterocycles. The molecule has 6 heterocycles. The van der Waals surface area contributed by atoms with E-state index in [2.05, 4.69) is 112 Å². The van der Waals surface area contributed by atoms with E-state index in [0.717, 1.165) is 33.9 Å². The SMILES string of the molecule is C.CN1C(=O)C(Br)=C(Br)C1=O.CN1C(=O)C2=C([Se]c3cccc4cccc(c34)[Se]2)C1=O.O=C1C(Br)=C(Br)C(=O)N1Cc1ccccc1.O=C1C2=C([Se]c3cccc4cccc(c34)[Se]2)C(=O)N1Cc1ccccc1. The number of rotatable bonds is 4. The van der Waals surface area contributed by atoms with Gasteiger partial charge in [-0.3, -0.25) is 29.0 Å². The number of amides is 8. The molecule has 0 N–H and O–H groups in total. The molecule has 6 aliphatic rings. The van der Waals surface area contributed by atoms with Crippen molar-refractivity contribution >= 4 is 210 Å². The van der Waals surface area contributed by atoms with Crippen molar-refractivity contribution in [3.05, 3.63) is 180 Å². The van der Waals surface area contributed by atoms with E-state index in [9.17, 15) is 38.4 Å². The van der Waals surface area contributed by atoms with Crippen LogP contribution in [0.2, 0.25) is 0 Å². The van der Waals surface area contributed by atoms with Gasteiger partial charge in [0.25, 0.3) is 23.6 Å². The van der Waals surface area contributed by atoms with E-state index in [0.29, 0.717) is 22.1 Å². The summed E-state index contributed by atoms with van der Waals surface area (Å²) >= 11 is 11.7. The van der Waals surface area contributed by atoms with Crippen LogP contribution in [0.4, 0.5) is 0 Å². The molecule has 0 radical (unpaired) electrons. The molecule has 20 heteroatoms. The number of halogens is 4. The molecule has 8 amide bonds. The normalized spacial score (nSPS) is 16.8. The summed E-state index contributed by atoms with van der Waals surface area (Å²) in [5.41, 5.74) is 1.90. The number of nitrogens with zero attached hydrogens (tertiary/aromatic N) is 4. The third-order valence-electron chi connectivity index (χ3n) is 11.4. The molecule has 12 rings (SSSR count). The van der Waals surface area contributed by atoms with Crippen LogP contribution in [0.15, 0.2) is 169 Å². The van der Waals surface area contributed by atoms with Crippen molar-refractivity contribution in [2.45, 2.75) is 20.5 Å². The second kappa shape index (κ2) is 23.1. The van der Waals surface area contributed by atoms with Gasteiger partial charge < -0.3 is 0 Å². The van der Waals surface area contributed by atoms with E-state index in [-0.39, 0.29) is 123 Å². The van der Waals surface area contributed by atoms with Crippen molar-refractivity contribution in [3.8, 4) is 0 Å². The number of imide groups is 4. The molecule has 6 aromatic rings. The Labute approximate surface area is 478 Å². The maximum atomic E-state index is 13.1. The van der Waals surface area contributed by atoms with Gasteiger partial charge in [0, 0.05) is 7.05 Å². The van der Waals surface area contributed by atoms with Crippen molar-refractivity contribution < 1.29 is 38.4 Å². The molecule has 368 valence electrons. The fourth-order valence-electron chi connectivity index (χ4n) is 7.72. The minimum atomic E-state index is -0.308. The number of benzene rings is 6. The second-order valence-electron chi connectivity index (χ2n) is 15.9. The fraction of sp³-hybridized carbons (Fsp3) is 0.0943. The van der Waals surface area contributed by atoms with Gasteiger partial charge in [-0.05, 0) is 69.3 Å². The van der Waals surface area contributed by atoms with Crippen LogP contribution in [-0.4, -0.2) is 141 Å². The van der Waals surface area contributed by atoms with Crippen LogP contribution in [0.1, 0.15) is 18.6 Å². The van der Waals surface area contributed by atoms with Crippen LogP contribution < -0.4 is 17.8 Å². The van der Waals surface area contributed by atoms with Gasteiger partial charge in [-0.1, -0.05) is 37.8 Å². The van der Waals surface area contributed by atoms with Crippen molar-refractivity contribution in [2.75, 3.05) is 14.1 Å². The van der Waals surface area contributed by atoms with Crippen LogP contribution >= 0.6 is 63.7 Å². The van der Waals surface area contributed by atoms with E-state index in [4.69, 9.17) is 0 Å². The van der Waals surface area contributed by atoms with Gasteiger partial charge in [-0.25, -0.2) is 0 Å². The van der Waals surface area contributed by atoms with Crippen LogP contribution in [0, 0.1) is 0 Å². The summed E-state index contributed by atoms with van der Waals surface area (Å²) < 4.78 is 9.02. The standard InChI is InChI=1S/C21H13NO2Se2.C15H9NO2Se2.C11H7Br2NO2.C5H3Br2NO2.CH4/c23-20-18-19(21(24)22(20)12-13-6-2-1-3-7-13)26-16-11-5-9-14-8-4-10-15(25-18)17(14)16;1-16-14(17)12-13(15(16)18)20-10-7-3-5-8-4-2-6-9(19-12)11(8)10;12-8-9(13)11(16)14(10(8)15)6-7-4-2-1-3-5-7;1-8-4(9)2(6)3(7)5(8)10;/h1-11H,12H2;2-7H,1H3;1-5H,6H2;1H3;1H4. The molecule has 0 spiro atoms. The first-order valence-electron chi connectivity index (χ1n) is 21.3. The van der Waals surface area contributed by atoms with E-state index in [1.54, 1.807) is 7.05 Å². The number of hydrogen-bond donors (Lipinski definition) is 0. The Hall–Kier alpha value is -4.64. The first-order chi connectivity index (χ1) is 34.5. The van der Waals surface area contributed by atoms with E-state index in [1.165, 1.54) is 61.1 Å². The molecule has 0 aliphatic carbocycles. The third-order valence-corrected chi connectivity index (χ3v) is 26.3. The number of hydrogen-bond acceptors (Lipinski definition) is 8. The number of likely N-dealkylation sites (N-methyl/N-ethyl adjacent to an activating group) is 2. The Bertz CT molecular complexity index is 3360. The minimum absolute atomic E-state index is 0. The van der Waals surface area contributed by atoms with Gasteiger partial charge in [-0.2, -0.15) is 0 Å². The van der Waals surface area contributed by atoms with Gasteiger partial charge >= 0.3 is 292 Å². The molecule has 0 saturated heterocycles. The average Bonchev–Trinajstić information content (AvgIpc) is 3.72. The van der Waals surface area contributed by atoms with Crippen LogP contribution in [0.5, 0.6) is 0 Å². The third kappa shape index (κ3) is 10.8. The predicted molar refractivity (Wildman–Crippen MR) is 300 cm³/mol.